The molecule has 5 heteroatoms. The van der Waals surface area contributed by atoms with Crippen LogP contribution in [0.15, 0.2) is 35.3 Å². The second-order valence-corrected chi connectivity index (χ2v) is 5.98. The number of nitrogens with one attached hydrogen (secondary N) is 1. The summed E-state index contributed by atoms with van der Waals surface area (Å²) in [6.45, 7) is 3.24. The summed E-state index contributed by atoms with van der Waals surface area (Å²) in [5.41, 5.74) is 0.670. The molecule has 2 aliphatic heterocycles. The van der Waals surface area contributed by atoms with Gasteiger partial charge in [0, 0.05) is 18.5 Å². The Morgan fingerprint density at radius 1 is 1.36 bits per heavy atom. The second-order valence-electron chi connectivity index (χ2n) is 5.98. The largest absolute Gasteiger partial charge is 0.338 e. The Kier molecular flexibility index (Phi) is 3.96. The molecule has 0 radical (unpaired) electrons. The maximum atomic E-state index is 12.3. The van der Waals surface area contributed by atoms with E-state index in [2.05, 4.69) is 10.3 Å². The molecule has 5 nitrogen and oxygen atoms in total. The van der Waals surface area contributed by atoms with Crippen molar-refractivity contribution in [2.75, 3.05) is 13.1 Å². The van der Waals surface area contributed by atoms with Crippen molar-refractivity contribution in [3.8, 4) is 0 Å². The Bertz CT molecular complexity index is 612. The first-order valence-corrected chi connectivity index (χ1v) is 7.89. The fourth-order valence-corrected chi connectivity index (χ4v) is 3.17. The number of nitrogens with zero attached hydrogens (tertiary/aromatic N) is 2. The Labute approximate surface area is 130 Å². The minimum Gasteiger partial charge on any atom is -0.338 e. The van der Waals surface area contributed by atoms with Crippen molar-refractivity contribution >= 4 is 17.5 Å². The molecule has 0 aliphatic carbocycles. The third-order valence-corrected chi connectivity index (χ3v) is 4.22. The van der Waals surface area contributed by atoms with Crippen LogP contribution in [0.5, 0.6) is 0 Å². The minimum atomic E-state index is -0.635. The van der Waals surface area contributed by atoms with Gasteiger partial charge in [-0.25, -0.2) is 4.99 Å². The van der Waals surface area contributed by atoms with E-state index in [1.165, 1.54) is 0 Å². The Morgan fingerprint density at radius 3 is 2.86 bits per heavy atom. The smallest absolute Gasteiger partial charge is 0.272 e. The molecule has 2 aliphatic rings. The lowest BCUT2D eigenvalue weighted by atomic mass is 9.99. The average molecular weight is 299 g/mol. The first-order valence-electron chi connectivity index (χ1n) is 7.89. The normalized spacial score (nSPS) is 24.3. The number of piperidine rings is 1. The molecule has 1 N–H and O–H groups in total. The molecular formula is C17H21N3O2. The first-order chi connectivity index (χ1) is 10.6. The Hall–Kier alpha value is -2.17. The van der Waals surface area contributed by atoms with Crippen LogP contribution in [0.2, 0.25) is 0 Å². The predicted octanol–water partition coefficient (Wildman–Crippen LogP) is 1.72. The molecule has 2 amide bonds. The van der Waals surface area contributed by atoms with Gasteiger partial charge in [-0.05, 0) is 19.3 Å². The van der Waals surface area contributed by atoms with Gasteiger partial charge in [0.1, 0.15) is 5.71 Å². The van der Waals surface area contributed by atoms with Crippen molar-refractivity contribution in [1.29, 1.82) is 0 Å². The maximum Gasteiger partial charge on any atom is 0.272 e. The first kappa shape index (κ1) is 14.8. The van der Waals surface area contributed by atoms with E-state index in [4.69, 9.17) is 0 Å². The molecule has 1 unspecified atom stereocenters. The summed E-state index contributed by atoms with van der Waals surface area (Å²) >= 11 is 0. The van der Waals surface area contributed by atoms with Crippen molar-refractivity contribution < 1.29 is 9.59 Å². The fraction of sp³-hybridized carbons (Fsp3) is 0.471. The molecule has 0 saturated carbocycles. The molecule has 22 heavy (non-hydrogen) atoms. The van der Waals surface area contributed by atoms with E-state index in [-0.39, 0.29) is 11.8 Å². The summed E-state index contributed by atoms with van der Waals surface area (Å²) in [5.74, 6) is 0.00942. The van der Waals surface area contributed by atoms with Crippen molar-refractivity contribution in [3.05, 3.63) is 35.9 Å². The van der Waals surface area contributed by atoms with Crippen molar-refractivity contribution in [2.24, 2.45) is 4.99 Å². The molecule has 2 heterocycles. The number of carbonyl (C=O) groups is 2. The monoisotopic (exact) mass is 299 g/mol. The number of rotatable bonds is 3. The fourth-order valence-electron chi connectivity index (χ4n) is 3.17. The van der Waals surface area contributed by atoms with E-state index in [0.29, 0.717) is 18.7 Å². The van der Waals surface area contributed by atoms with Crippen LogP contribution in [0, 0.1) is 0 Å². The van der Waals surface area contributed by atoms with Gasteiger partial charge in [0.2, 0.25) is 5.91 Å². The molecule has 1 fully saturated rings. The molecular weight excluding hydrogens is 278 g/mol. The summed E-state index contributed by atoms with van der Waals surface area (Å²) < 4.78 is 0. The van der Waals surface area contributed by atoms with Crippen LogP contribution in [0.25, 0.3) is 0 Å². The summed E-state index contributed by atoms with van der Waals surface area (Å²) in [7, 11) is 0. The van der Waals surface area contributed by atoms with Gasteiger partial charge in [-0.15, -0.1) is 0 Å². The molecule has 1 saturated heterocycles. The zero-order valence-corrected chi connectivity index (χ0v) is 12.8. The zero-order valence-electron chi connectivity index (χ0n) is 12.8. The molecule has 1 aromatic rings. The van der Waals surface area contributed by atoms with Crippen molar-refractivity contribution in [1.82, 2.24) is 10.2 Å². The van der Waals surface area contributed by atoms with Crippen LogP contribution in [-0.4, -0.2) is 41.2 Å². The van der Waals surface area contributed by atoms with E-state index >= 15 is 0 Å². The lowest BCUT2D eigenvalue weighted by Gasteiger charge is -2.38. The van der Waals surface area contributed by atoms with Gasteiger partial charge in [-0.1, -0.05) is 37.3 Å². The van der Waals surface area contributed by atoms with Gasteiger partial charge in [-0.2, -0.15) is 0 Å². The maximum absolute atomic E-state index is 12.3. The molecule has 1 aromatic carbocycles. The highest BCUT2D eigenvalue weighted by atomic mass is 16.2. The van der Waals surface area contributed by atoms with Gasteiger partial charge < -0.3 is 10.2 Å². The minimum absolute atomic E-state index is 0.143. The summed E-state index contributed by atoms with van der Waals surface area (Å²) in [5, 5.41) is 3.01. The number of benzene rings is 1. The van der Waals surface area contributed by atoms with Gasteiger partial charge in [0.15, 0.2) is 5.66 Å². The molecule has 1 atom stereocenters. The Morgan fingerprint density at radius 2 is 2.14 bits per heavy atom. The third kappa shape index (κ3) is 2.75. The zero-order chi connectivity index (χ0) is 15.6. The van der Waals surface area contributed by atoms with Crippen LogP contribution < -0.4 is 5.32 Å². The summed E-state index contributed by atoms with van der Waals surface area (Å²) in [4.78, 5) is 31.0. The van der Waals surface area contributed by atoms with E-state index in [9.17, 15) is 9.59 Å². The number of amides is 2. The van der Waals surface area contributed by atoms with Crippen molar-refractivity contribution in [3.63, 3.8) is 0 Å². The van der Waals surface area contributed by atoms with E-state index in [1.807, 2.05) is 42.2 Å². The van der Waals surface area contributed by atoms with E-state index < -0.39 is 5.66 Å². The molecule has 0 bridgehead atoms. The van der Waals surface area contributed by atoms with Gasteiger partial charge in [0.05, 0.1) is 6.54 Å². The highest BCUT2D eigenvalue weighted by Crippen LogP contribution is 2.28. The summed E-state index contributed by atoms with van der Waals surface area (Å²) in [6, 6.07) is 9.49. The van der Waals surface area contributed by atoms with Crippen LogP contribution in [0.4, 0.5) is 0 Å². The standard InChI is InChI=1S/C17H21N3O2/c1-2-7-14(21)20-11-6-10-17(12-20)18-15(16(22)19-17)13-8-4-3-5-9-13/h3-5,8-9H,2,6-7,10-12H2,1H3,(H,19,22). The van der Waals surface area contributed by atoms with Crippen LogP contribution >= 0.6 is 0 Å². The van der Waals surface area contributed by atoms with Crippen LogP contribution in [0.3, 0.4) is 0 Å². The second kappa shape index (κ2) is 5.91. The number of aliphatic imine (C=N–C) groups is 1. The van der Waals surface area contributed by atoms with Crippen molar-refractivity contribution in [2.45, 2.75) is 38.3 Å². The van der Waals surface area contributed by atoms with E-state index in [1.54, 1.807) is 0 Å². The summed E-state index contributed by atoms with van der Waals surface area (Å²) in [6.07, 6.45) is 3.04. The van der Waals surface area contributed by atoms with Gasteiger partial charge in [0.25, 0.3) is 5.91 Å². The molecule has 1 spiro atoms. The highest BCUT2D eigenvalue weighted by Gasteiger charge is 2.43. The van der Waals surface area contributed by atoms with Gasteiger partial charge in [-0.3, -0.25) is 9.59 Å². The number of likely N-dealkylation sites (tertiary alicyclic amines) is 1. The van der Waals surface area contributed by atoms with Crippen LogP contribution in [0.1, 0.15) is 38.2 Å². The lowest BCUT2D eigenvalue weighted by molar-refractivity contribution is -0.134. The third-order valence-electron chi connectivity index (χ3n) is 4.22. The number of hydrogen-bond donors (Lipinski definition) is 1. The van der Waals surface area contributed by atoms with E-state index in [0.717, 1.165) is 31.4 Å². The molecule has 116 valence electrons. The molecule has 3 rings (SSSR count). The SMILES string of the molecule is CCCC(=O)N1CCCC2(C1)N=C(c1ccccc1)C(=O)N2. The highest BCUT2D eigenvalue weighted by molar-refractivity contribution is 6.46. The number of hydrogen-bond acceptors (Lipinski definition) is 3. The average Bonchev–Trinajstić information content (AvgIpc) is 2.84. The topological polar surface area (TPSA) is 61.8 Å². The predicted molar refractivity (Wildman–Crippen MR) is 84.6 cm³/mol. The molecule has 0 aromatic heterocycles. The van der Waals surface area contributed by atoms with Crippen LogP contribution in [-0.2, 0) is 9.59 Å². The van der Waals surface area contributed by atoms with Gasteiger partial charge >= 0.3 is 0 Å². The number of carbonyl (C=O) groups excluding carboxylic acids is 2. The lowest BCUT2D eigenvalue weighted by Crippen LogP contribution is -2.56. The quantitative estimate of drug-likeness (QED) is 0.924. The Balaban J connectivity index is 1.83.